The van der Waals surface area contributed by atoms with E-state index in [1.165, 1.54) is 0 Å². The highest BCUT2D eigenvalue weighted by Gasteiger charge is 2.31. The predicted molar refractivity (Wildman–Crippen MR) is 92.3 cm³/mol. The summed E-state index contributed by atoms with van der Waals surface area (Å²) in [6.45, 7) is -0.416. The quantitative estimate of drug-likeness (QED) is 0.749. The number of benzene rings is 1. The van der Waals surface area contributed by atoms with Crippen molar-refractivity contribution >= 4 is 17.8 Å². The first-order chi connectivity index (χ1) is 12.6. The number of nitrogens with zero attached hydrogens (tertiary/aromatic N) is 2. The van der Waals surface area contributed by atoms with Crippen molar-refractivity contribution in [1.29, 1.82) is 0 Å². The van der Waals surface area contributed by atoms with Crippen molar-refractivity contribution in [3.05, 3.63) is 59.9 Å². The fourth-order valence-electron chi connectivity index (χ4n) is 2.68. The SMILES string of the molecule is COc1ccc([C@H](NC(=O)CN2C(=O)CNC2=O)c2ccncc2)cc1. The Hall–Kier alpha value is -3.42. The molecule has 1 atom stereocenters. The Kier molecular flexibility index (Phi) is 5.12. The van der Waals surface area contributed by atoms with Crippen LogP contribution in [0.5, 0.6) is 5.75 Å². The summed E-state index contributed by atoms with van der Waals surface area (Å²) in [7, 11) is 1.58. The van der Waals surface area contributed by atoms with Crippen molar-refractivity contribution in [1.82, 2.24) is 20.5 Å². The first kappa shape index (κ1) is 17.4. The summed E-state index contributed by atoms with van der Waals surface area (Å²) in [6, 6.07) is 9.87. The van der Waals surface area contributed by atoms with Gasteiger partial charge in [-0.25, -0.2) is 4.79 Å². The predicted octanol–water partition coefficient (Wildman–Crippen LogP) is 0.848. The van der Waals surface area contributed by atoms with Gasteiger partial charge < -0.3 is 15.4 Å². The van der Waals surface area contributed by atoms with Crippen LogP contribution in [-0.4, -0.2) is 47.9 Å². The Balaban J connectivity index is 1.80. The molecule has 0 aliphatic carbocycles. The molecule has 1 aromatic heterocycles. The number of imide groups is 1. The molecule has 26 heavy (non-hydrogen) atoms. The number of aromatic nitrogens is 1. The second-order valence-corrected chi connectivity index (χ2v) is 5.69. The Bertz CT molecular complexity index is 792. The van der Waals surface area contributed by atoms with Gasteiger partial charge in [-0.2, -0.15) is 0 Å². The zero-order valence-corrected chi connectivity index (χ0v) is 14.1. The highest BCUT2D eigenvalue weighted by atomic mass is 16.5. The summed E-state index contributed by atoms with van der Waals surface area (Å²) < 4.78 is 5.16. The summed E-state index contributed by atoms with van der Waals surface area (Å²) in [5, 5.41) is 5.26. The van der Waals surface area contributed by atoms with Gasteiger partial charge in [0.1, 0.15) is 12.3 Å². The second-order valence-electron chi connectivity index (χ2n) is 5.69. The minimum Gasteiger partial charge on any atom is -0.497 e. The number of carbonyl (C=O) groups excluding carboxylic acids is 3. The van der Waals surface area contributed by atoms with Gasteiger partial charge in [0.05, 0.1) is 19.7 Å². The molecule has 0 radical (unpaired) electrons. The monoisotopic (exact) mass is 354 g/mol. The number of carbonyl (C=O) groups is 3. The Morgan fingerprint density at radius 2 is 1.85 bits per heavy atom. The lowest BCUT2D eigenvalue weighted by Crippen LogP contribution is -2.42. The third-order valence-corrected chi connectivity index (χ3v) is 4.03. The molecule has 0 spiro atoms. The maximum Gasteiger partial charge on any atom is 0.325 e. The van der Waals surface area contributed by atoms with Gasteiger partial charge in [-0.3, -0.25) is 19.5 Å². The minimum absolute atomic E-state index is 0.0849. The number of hydrogen-bond acceptors (Lipinski definition) is 5. The van der Waals surface area contributed by atoms with E-state index in [-0.39, 0.29) is 13.1 Å². The molecular weight excluding hydrogens is 336 g/mol. The molecule has 2 aromatic rings. The number of amides is 4. The first-order valence-electron chi connectivity index (χ1n) is 8.00. The molecule has 0 unspecified atom stereocenters. The molecule has 0 saturated carbocycles. The molecule has 1 aliphatic rings. The van der Waals surface area contributed by atoms with E-state index < -0.39 is 23.9 Å². The van der Waals surface area contributed by atoms with Gasteiger partial charge in [0.2, 0.25) is 5.91 Å². The molecule has 2 heterocycles. The zero-order chi connectivity index (χ0) is 18.5. The number of rotatable bonds is 6. The topological polar surface area (TPSA) is 101 Å². The summed E-state index contributed by atoms with van der Waals surface area (Å²) in [4.78, 5) is 40.6. The van der Waals surface area contributed by atoms with E-state index in [9.17, 15) is 14.4 Å². The van der Waals surface area contributed by atoms with Crippen molar-refractivity contribution in [2.45, 2.75) is 6.04 Å². The van der Waals surface area contributed by atoms with Crippen molar-refractivity contribution in [2.24, 2.45) is 0 Å². The molecule has 0 bridgehead atoms. The standard InChI is InChI=1S/C18H18N4O4/c1-26-14-4-2-12(3-5-14)17(13-6-8-19-9-7-13)21-15(23)11-22-16(24)10-20-18(22)25/h2-9,17H,10-11H2,1H3,(H,20,25)(H,21,23)/t17-/m0/s1. The largest absolute Gasteiger partial charge is 0.497 e. The number of nitrogens with one attached hydrogen (secondary N) is 2. The van der Waals surface area contributed by atoms with Gasteiger partial charge in [-0.15, -0.1) is 0 Å². The highest BCUT2D eigenvalue weighted by Crippen LogP contribution is 2.23. The summed E-state index contributed by atoms with van der Waals surface area (Å²) >= 11 is 0. The molecule has 134 valence electrons. The van der Waals surface area contributed by atoms with Gasteiger partial charge >= 0.3 is 6.03 Å². The van der Waals surface area contributed by atoms with Crippen LogP contribution in [0.2, 0.25) is 0 Å². The molecule has 2 N–H and O–H groups in total. The average molecular weight is 354 g/mol. The maximum atomic E-state index is 12.4. The normalized spacial score (nSPS) is 14.7. The van der Waals surface area contributed by atoms with Crippen LogP contribution >= 0.6 is 0 Å². The van der Waals surface area contributed by atoms with E-state index in [0.717, 1.165) is 16.0 Å². The van der Waals surface area contributed by atoms with Gasteiger partial charge in [-0.1, -0.05) is 12.1 Å². The minimum atomic E-state index is -0.560. The number of urea groups is 1. The van der Waals surface area contributed by atoms with Gasteiger partial charge in [0, 0.05) is 12.4 Å². The second kappa shape index (κ2) is 7.64. The van der Waals surface area contributed by atoms with E-state index in [0.29, 0.717) is 5.75 Å². The van der Waals surface area contributed by atoms with Crippen LogP contribution in [0.4, 0.5) is 4.79 Å². The smallest absolute Gasteiger partial charge is 0.325 e. The molecule has 1 fully saturated rings. The third kappa shape index (κ3) is 3.80. The lowest BCUT2D eigenvalue weighted by atomic mass is 9.99. The summed E-state index contributed by atoms with van der Waals surface area (Å²) in [5.74, 6) is -0.157. The molecule has 1 saturated heterocycles. The lowest BCUT2D eigenvalue weighted by molar-refractivity contribution is -0.130. The number of ether oxygens (including phenoxy) is 1. The van der Waals surface area contributed by atoms with E-state index in [1.54, 1.807) is 43.8 Å². The van der Waals surface area contributed by atoms with Gasteiger partial charge in [0.25, 0.3) is 5.91 Å². The van der Waals surface area contributed by atoms with E-state index in [2.05, 4.69) is 15.6 Å². The van der Waals surface area contributed by atoms with Crippen LogP contribution in [0.1, 0.15) is 17.2 Å². The molecule has 3 rings (SSSR count). The summed E-state index contributed by atoms with van der Waals surface area (Å²) in [6.07, 6.45) is 3.27. The van der Waals surface area contributed by atoms with Gasteiger partial charge in [-0.05, 0) is 35.4 Å². The molecular formula is C18H18N4O4. The average Bonchev–Trinajstić information content (AvgIpc) is 2.99. The number of methoxy groups -OCH3 is 1. The van der Waals surface area contributed by atoms with Crippen LogP contribution in [-0.2, 0) is 9.59 Å². The van der Waals surface area contributed by atoms with Crippen LogP contribution in [0.15, 0.2) is 48.8 Å². The lowest BCUT2D eigenvalue weighted by Gasteiger charge is -2.21. The zero-order valence-electron chi connectivity index (χ0n) is 14.1. The van der Waals surface area contributed by atoms with E-state index >= 15 is 0 Å². The van der Waals surface area contributed by atoms with E-state index in [4.69, 9.17) is 4.74 Å². The molecule has 8 nitrogen and oxygen atoms in total. The number of hydrogen-bond donors (Lipinski definition) is 2. The molecule has 1 aromatic carbocycles. The third-order valence-electron chi connectivity index (χ3n) is 4.03. The fraction of sp³-hybridized carbons (Fsp3) is 0.222. The van der Waals surface area contributed by atoms with Crippen LogP contribution in [0.25, 0.3) is 0 Å². The molecule has 1 aliphatic heterocycles. The van der Waals surface area contributed by atoms with Crippen LogP contribution in [0.3, 0.4) is 0 Å². The van der Waals surface area contributed by atoms with Gasteiger partial charge in [0.15, 0.2) is 0 Å². The fourth-order valence-corrected chi connectivity index (χ4v) is 2.68. The summed E-state index contributed by atoms with van der Waals surface area (Å²) in [5.41, 5.74) is 1.67. The van der Waals surface area contributed by atoms with Crippen LogP contribution < -0.4 is 15.4 Å². The molecule has 4 amide bonds. The van der Waals surface area contributed by atoms with Crippen molar-refractivity contribution in [3.63, 3.8) is 0 Å². The van der Waals surface area contributed by atoms with Crippen molar-refractivity contribution in [3.8, 4) is 5.75 Å². The highest BCUT2D eigenvalue weighted by molar-refractivity contribution is 6.04. The Morgan fingerprint density at radius 1 is 1.19 bits per heavy atom. The number of pyridine rings is 1. The maximum absolute atomic E-state index is 12.4. The Labute approximate surface area is 150 Å². The first-order valence-corrected chi connectivity index (χ1v) is 8.00. The Morgan fingerprint density at radius 3 is 2.42 bits per heavy atom. The van der Waals surface area contributed by atoms with Crippen molar-refractivity contribution in [2.75, 3.05) is 20.2 Å². The van der Waals surface area contributed by atoms with Crippen LogP contribution in [0, 0.1) is 0 Å². The van der Waals surface area contributed by atoms with E-state index in [1.807, 2.05) is 12.1 Å². The van der Waals surface area contributed by atoms with Crippen molar-refractivity contribution < 1.29 is 19.1 Å². The molecule has 8 heteroatoms.